The summed E-state index contributed by atoms with van der Waals surface area (Å²) in [5, 5.41) is 11.7. The van der Waals surface area contributed by atoms with Crippen molar-refractivity contribution in [2.75, 3.05) is 5.32 Å². The lowest BCUT2D eigenvalue weighted by Crippen LogP contribution is -2.15. The molecule has 0 aromatic carbocycles. The van der Waals surface area contributed by atoms with E-state index in [-0.39, 0.29) is 0 Å². The van der Waals surface area contributed by atoms with Gasteiger partial charge in [0.25, 0.3) is 0 Å². The van der Waals surface area contributed by atoms with Crippen LogP contribution in [0.25, 0.3) is 0 Å². The number of nitriles is 1. The van der Waals surface area contributed by atoms with Crippen molar-refractivity contribution in [1.82, 2.24) is 9.97 Å². The Kier molecular flexibility index (Phi) is 3.86. The molecule has 1 aromatic heterocycles. The van der Waals surface area contributed by atoms with Crippen LogP contribution in [-0.2, 0) is 0 Å². The van der Waals surface area contributed by atoms with Crippen molar-refractivity contribution in [2.45, 2.75) is 32.7 Å². The van der Waals surface area contributed by atoms with Crippen LogP contribution in [0.3, 0.4) is 0 Å². The van der Waals surface area contributed by atoms with Crippen LogP contribution in [0.15, 0.2) is 12.4 Å². The van der Waals surface area contributed by atoms with Gasteiger partial charge in [0.2, 0.25) is 0 Å². The van der Waals surface area contributed by atoms with Gasteiger partial charge in [-0.05, 0) is 13.3 Å². The molecule has 1 rings (SSSR count). The van der Waals surface area contributed by atoms with E-state index < -0.39 is 0 Å². The van der Waals surface area contributed by atoms with Crippen molar-refractivity contribution in [3.8, 4) is 6.07 Å². The molecule has 0 radical (unpaired) electrons. The second-order valence-electron chi connectivity index (χ2n) is 3.23. The number of hydrogen-bond donors (Lipinski definition) is 1. The molecule has 0 spiro atoms. The first kappa shape index (κ1) is 10.5. The van der Waals surface area contributed by atoms with E-state index in [2.05, 4.69) is 29.1 Å². The average molecular weight is 190 g/mol. The molecule has 0 saturated heterocycles. The number of rotatable bonds is 4. The molecule has 1 atom stereocenters. The molecule has 1 heterocycles. The van der Waals surface area contributed by atoms with Gasteiger partial charge in [-0.3, -0.25) is 0 Å². The highest BCUT2D eigenvalue weighted by Crippen LogP contribution is 2.05. The largest absolute Gasteiger partial charge is 0.366 e. The first-order valence-electron chi connectivity index (χ1n) is 4.75. The number of anilines is 1. The van der Waals surface area contributed by atoms with E-state index in [1.165, 1.54) is 6.20 Å². The minimum absolute atomic E-state index is 0.346. The quantitative estimate of drug-likeness (QED) is 0.788. The third-order valence-electron chi connectivity index (χ3n) is 1.88. The summed E-state index contributed by atoms with van der Waals surface area (Å²) in [6.07, 6.45) is 5.30. The van der Waals surface area contributed by atoms with Gasteiger partial charge in [0.05, 0.1) is 12.4 Å². The van der Waals surface area contributed by atoms with Crippen LogP contribution in [-0.4, -0.2) is 16.0 Å². The van der Waals surface area contributed by atoms with Crippen LogP contribution in [0.4, 0.5) is 5.82 Å². The van der Waals surface area contributed by atoms with E-state index >= 15 is 0 Å². The van der Waals surface area contributed by atoms with Crippen molar-refractivity contribution in [3.63, 3.8) is 0 Å². The van der Waals surface area contributed by atoms with Crippen LogP contribution in [0, 0.1) is 11.3 Å². The maximum atomic E-state index is 8.52. The van der Waals surface area contributed by atoms with Crippen molar-refractivity contribution in [3.05, 3.63) is 18.1 Å². The van der Waals surface area contributed by atoms with E-state index in [0.717, 1.165) is 18.7 Å². The highest BCUT2D eigenvalue weighted by Gasteiger charge is 2.01. The van der Waals surface area contributed by atoms with Gasteiger partial charge in [-0.2, -0.15) is 5.26 Å². The monoisotopic (exact) mass is 190 g/mol. The molecular weight excluding hydrogens is 176 g/mol. The second kappa shape index (κ2) is 5.18. The van der Waals surface area contributed by atoms with Gasteiger partial charge in [-0.25, -0.2) is 9.97 Å². The molecule has 1 unspecified atom stereocenters. The third-order valence-corrected chi connectivity index (χ3v) is 1.88. The molecule has 0 aliphatic rings. The zero-order valence-electron chi connectivity index (χ0n) is 8.49. The van der Waals surface area contributed by atoms with Crippen molar-refractivity contribution < 1.29 is 0 Å². The Morgan fingerprint density at radius 1 is 1.50 bits per heavy atom. The van der Waals surface area contributed by atoms with Gasteiger partial charge in [0, 0.05) is 6.04 Å². The Morgan fingerprint density at radius 2 is 2.29 bits per heavy atom. The first-order valence-corrected chi connectivity index (χ1v) is 4.75. The van der Waals surface area contributed by atoms with Crippen LogP contribution >= 0.6 is 0 Å². The van der Waals surface area contributed by atoms with Crippen LogP contribution in [0.2, 0.25) is 0 Å². The fourth-order valence-electron chi connectivity index (χ4n) is 1.22. The minimum Gasteiger partial charge on any atom is -0.366 e. The molecule has 0 amide bonds. The minimum atomic E-state index is 0.346. The topological polar surface area (TPSA) is 61.6 Å². The lowest BCUT2D eigenvalue weighted by atomic mass is 10.2. The molecule has 4 nitrogen and oxygen atoms in total. The molecule has 0 aliphatic carbocycles. The van der Waals surface area contributed by atoms with Crippen molar-refractivity contribution in [2.24, 2.45) is 0 Å². The van der Waals surface area contributed by atoms with E-state index in [4.69, 9.17) is 5.26 Å². The number of nitrogens with one attached hydrogen (secondary N) is 1. The Hall–Kier alpha value is -1.63. The zero-order valence-corrected chi connectivity index (χ0v) is 8.49. The summed E-state index contributed by atoms with van der Waals surface area (Å²) in [5.41, 5.74) is 0.346. The second-order valence-corrected chi connectivity index (χ2v) is 3.23. The molecule has 1 N–H and O–H groups in total. The summed E-state index contributed by atoms with van der Waals surface area (Å²) < 4.78 is 0. The molecule has 0 aliphatic heterocycles. The molecule has 0 fully saturated rings. The summed E-state index contributed by atoms with van der Waals surface area (Å²) in [4.78, 5) is 8.00. The predicted octanol–water partition coefficient (Wildman–Crippen LogP) is 1.95. The summed E-state index contributed by atoms with van der Waals surface area (Å²) in [6.45, 7) is 4.24. The van der Waals surface area contributed by atoms with E-state index in [9.17, 15) is 0 Å². The van der Waals surface area contributed by atoms with Gasteiger partial charge in [-0.1, -0.05) is 13.3 Å². The van der Waals surface area contributed by atoms with Crippen molar-refractivity contribution >= 4 is 5.82 Å². The molecule has 0 bridgehead atoms. The molecule has 4 heteroatoms. The molecule has 14 heavy (non-hydrogen) atoms. The van der Waals surface area contributed by atoms with E-state index in [1.54, 1.807) is 6.20 Å². The Morgan fingerprint density at radius 3 is 2.79 bits per heavy atom. The first-order chi connectivity index (χ1) is 6.76. The molecular formula is C10H14N4. The van der Waals surface area contributed by atoms with Gasteiger partial charge in [-0.15, -0.1) is 0 Å². The van der Waals surface area contributed by atoms with Gasteiger partial charge in [0.1, 0.15) is 11.9 Å². The van der Waals surface area contributed by atoms with Crippen LogP contribution < -0.4 is 5.32 Å². The smallest absolute Gasteiger partial charge is 0.158 e. The molecule has 0 saturated carbocycles. The summed E-state index contributed by atoms with van der Waals surface area (Å²) in [7, 11) is 0. The highest BCUT2D eigenvalue weighted by molar-refractivity contribution is 5.33. The summed E-state index contributed by atoms with van der Waals surface area (Å²) in [5.74, 6) is 0.727. The summed E-state index contributed by atoms with van der Waals surface area (Å²) in [6, 6.07) is 2.32. The Balaban J connectivity index is 2.56. The molecule has 74 valence electrons. The number of hydrogen-bond acceptors (Lipinski definition) is 4. The van der Waals surface area contributed by atoms with E-state index in [0.29, 0.717) is 11.7 Å². The van der Waals surface area contributed by atoms with Crippen molar-refractivity contribution in [1.29, 1.82) is 5.26 Å². The van der Waals surface area contributed by atoms with Crippen LogP contribution in [0.1, 0.15) is 32.4 Å². The third kappa shape index (κ3) is 3.02. The van der Waals surface area contributed by atoms with E-state index in [1.807, 2.05) is 6.07 Å². The lowest BCUT2D eigenvalue weighted by molar-refractivity contribution is 0.687. The predicted molar refractivity (Wildman–Crippen MR) is 54.7 cm³/mol. The number of nitrogens with zero attached hydrogens (tertiary/aromatic N) is 3. The maximum Gasteiger partial charge on any atom is 0.158 e. The van der Waals surface area contributed by atoms with Gasteiger partial charge >= 0.3 is 0 Å². The van der Waals surface area contributed by atoms with Gasteiger partial charge < -0.3 is 5.32 Å². The fourth-order valence-corrected chi connectivity index (χ4v) is 1.22. The average Bonchev–Trinajstić information content (AvgIpc) is 2.19. The SMILES string of the molecule is CCCC(C)Nc1cnc(C#N)cn1. The zero-order chi connectivity index (χ0) is 10.4. The maximum absolute atomic E-state index is 8.52. The number of aromatic nitrogens is 2. The Bertz CT molecular complexity index is 312. The highest BCUT2D eigenvalue weighted by atomic mass is 15.0. The normalized spacial score (nSPS) is 11.8. The lowest BCUT2D eigenvalue weighted by Gasteiger charge is -2.12. The van der Waals surface area contributed by atoms with Crippen LogP contribution in [0.5, 0.6) is 0 Å². The van der Waals surface area contributed by atoms with Gasteiger partial charge in [0.15, 0.2) is 5.69 Å². The Labute approximate surface area is 84.0 Å². The summed E-state index contributed by atoms with van der Waals surface area (Å²) >= 11 is 0. The standard InChI is InChI=1S/C10H14N4/c1-3-4-8(2)14-10-7-12-9(5-11)6-13-10/h6-8H,3-4H2,1-2H3,(H,13,14). The fraction of sp³-hybridized carbons (Fsp3) is 0.500. The molecule has 1 aromatic rings.